The number of ether oxygens (including phenoxy) is 3. The average Bonchev–Trinajstić information content (AvgIpc) is 3.21. The second kappa shape index (κ2) is 8.09. The van der Waals surface area contributed by atoms with Gasteiger partial charge in [0.2, 0.25) is 0 Å². The minimum absolute atomic E-state index is 0.302. The molecule has 6 heteroatoms. The molecule has 0 radical (unpaired) electrons. The van der Waals surface area contributed by atoms with Crippen molar-refractivity contribution in [1.82, 2.24) is 0 Å². The fourth-order valence-electron chi connectivity index (χ4n) is 5.31. The zero-order valence-electron chi connectivity index (χ0n) is 17.7. The first-order valence-electron chi connectivity index (χ1n) is 10.7. The molecule has 1 fully saturated rings. The second-order valence-electron chi connectivity index (χ2n) is 8.30. The normalized spacial score (nSPS) is 28.1. The van der Waals surface area contributed by atoms with Crippen LogP contribution < -0.4 is 9.47 Å². The molecule has 4 atom stereocenters. The summed E-state index contributed by atoms with van der Waals surface area (Å²) in [5, 5.41) is 24.3. The first-order valence-corrected chi connectivity index (χ1v) is 11.1. The first kappa shape index (κ1) is 21.3. The fourth-order valence-corrected chi connectivity index (χ4v) is 5.43. The maximum absolute atomic E-state index is 12.4. The average molecular weight is 453 g/mol. The van der Waals surface area contributed by atoms with Gasteiger partial charge in [-0.2, -0.15) is 0 Å². The molecule has 3 aromatic carbocycles. The summed E-state index contributed by atoms with van der Waals surface area (Å²) in [4.78, 5) is 0. The Labute approximate surface area is 192 Å². The summed E-state index contributed by atoms with van der Waals surface area (Å²) in [5.74, 6) is 0.673. The lowest BCUT2D eigenvalue weighted by atomic mass is 9.71. The lowest BCUT2D eigenvalue weighted by Crippen LogP contribution is -2.52. The topological polar surface area (TPSA) is 68.2 Å². The monoisotopic (exact) mass is 452 g/mol. The summed E-state index contributed by atoms with van der Waals surface area (Å²) in [5.41, 5.74) is -0.778. The van der Waals surface area contributed by atoms with Gasteiger partial charge >= 0.3 is 0 Å². The van der Waals surface area contributed by atoms with Crippen LogP contribution >= 0.6 is 11.6 Å². The second-order valence-corrected chi connectivity index (χ2v) is 8.73. The third-order valence-corrected chi connectivity index (χ3v) is 6.91. The Balaban J connectivity index is 1.73. The highest BCUT2D eigenvalue weighted by Crippen LogP contribution is 2.68. The van der Waals surface area contributed by atoms with Crippen LogP contribution in [0.2, 0.25) is 5.02 Å². The third kappa shape index (κ3) is 2.96. The number of fused-ring (bicyclic) bond motifs is 3. The summed E-state index contributed by atoms with van der Waals surface area (Å²) in [6.07, 6.45) is -0.744. The molecule has 0 saturated heterocycles. The molecule has 2 aliphatic rings. The minimum atomic E-state index is -1.72. The molecule has 0 unspecified atom stereocenters. The number of aliphatic hydroxyl groups excluding tert-OH is 1. The van der Waals surface area contributed by atoms with Crippen LogP contribution in [0.4, 0.5) is 0 Å². The first-order chi connectivity index (χ1) is 15.5. The van der Waals surface area contributed by atoms with Crippen LogP contribution in [-0.2, 0) is 15.9 Å². The van der Waals surface area contributed by atoms with E-state index in [1.807, 2.05) is 48.5 Å². The van der Waals surface area contributed by atoms with Crippen molar-refractivity contribution in [2.24, 2.45) is 0 Å². The minimum Gasteiger partial charge on any atom is -0.491 e. The molecule has 2 N–H and O–H groups in total. The van der Waals surface area contributed by atoms with E-state index in [1.54, 1.807) is 31.4 Å². The van der Waals surface area contributed by atoms with Crippen molar-refractivity contribution < 1.29 is 24.4 Å². The lowest BCUT2D eigenvalue weighted by molar-refractivity contribution is -0.150. The van der Waals surface area contributed by atoms with Crippen LogP contribution in [0.15, 0.2) is 72.8 Å². The van der Waals surface area contributed by atoms with Gasteiger partial charge in [0.15, 0.2) is 11.2 Å². The van der Waals surface area contributed by atoms with Crippen molar-refractivity contribution in [3.05, 3.63) is 94.5 Å². The lowest BCUT2D eigenvalue weighted by Gasteiger charge is -2.40. The highest BCUT2D eigenvalue weighted by molar-refractivity contribution is 6.30. The molecule has 0 amide bonds. The molecular formula is C26H25ClO5. The number of benzene rings is 3. The Kier molecular flexibility index (Phi) is 5.38. The van der Waals surface area contributed by atoms with Gasteiger partial charge in [-0.05, 0) is 41.8 Å². The van der Waals surface area contributed by atoms with Crippen LogP contribution in [-0.4, -0.2) is 36.6 Å². The maximum Gasteiger partial charge on any atom is 0.176 e. The van der Waals surface area contributed by atoms with E-state index in [0.29, 0.717) is 41.7 Å². The van der Waals surface area contributed by atoms with Crippen molar-refractivity contribution >= 4 is 11.6 Å². The Bertz CT molecular complexity index is 1100. The van der Waals surface area contributed by atoms with Crippen LogP contribution in [0.1, 0.15) is 29.0 Å². The fraction of sp³-hybridized carbons (Fsp3) is 0.308. The zero-order chi connectivity index (χ0) is 22.3. The van der Waals surface area contributed by atoms with Gasteiger partial charge in [-0.3, -0.25) is 0 Å². The van der Waals surface area contributed by atoms with Gasteiger partial charge in [-0.1, -0.05) is 60.1 Å². The van der Waals surface area contributed by atoms with E-state index >= 15 is 0 Å². The molecule has 5 rings (SSSR count). The molecule has 1 heterocycles. The number of halogens is 1. The van der Waals surface area contributed by atoms with E-state index in [4.69, 9.17) is 25.8 Å². The SMILES string of the molecule is COCCOc1cccc2c1[C@]1(O)[C@H](O)C[C@@H](c3ccccc3)[C@]1(c1ccc(Cl)cc1)O2. The zero-order valence-corrected chi connectivity index (χ0v) is 18.5. The molecule has 3 aromatic rings. The molecule has 0 spiro atoms. The predicted molar refractivity (Wildman–Crippen MR) is 121 cm³/mol. The smallest absolute Gasteiger partial charge is 0.176 e. The van der Waals surface area contributed by atoms with E-state index in [2.05, 4.69) is 0 Å². The standard InChI is InChI=1S/C26H25ClO5/c1-30-14-15-31-21-8-5-9-22-24(21)25(29)23(28)16-20(17-6-3-2-4-7-17)26(25,32-22)18-10-12-19(27)13-11-18/h2-13,20,23,28-29H,14-16H2,1H3/t20-,23+,25+,26-/m0/s1. The molecule has 0 aromatic heterocycles. The van der Waals surface area contributed by atoms with Gasteiger partial charge in [0.25, 0.3) is 0 Å². The van der Waals surface area contributed by atoms with E-state index in [-0.39, 0.29) is 5.92 Å². The van der Waals surface area contributed by atoms with Gasteiger partial charge in [-0.15, -0.1) is 0 Å². The Morgan fingerprint density at radius 1 is 1.00 bits per heavy atom. The van der Waals surface area contributed by atoms with Crippen molar-refractivity contribution in [3.8, 4) is 11.5 Å². The maximum atomic E-state index is 12.4. The molecule has 1 aliphatic carbocycles. The molecule has 0 bridgehead atoms. The molecular weight excluding hydrogens is 428 g/mol. The summed E-state index contributed by atoms with van der Waals surface area (Å²) in [7, 11) is 1.60. The number of aliphatic hydroxyl groups is 2. The van der Waals surface area contributed by atoms with E-state index in [1.165, 1.54) is 0 Å². The number of methoxy groups -OCH3 is 1. The van der Waals surface area contributed by atoms with E-state index in [0.717, 1.165) is 11.1 Å². The van der Waals surface area contributed by atoms with Gasteiger partial charge < -0.3 is 24.4 Å². The molecule has 32 heavy (non-hydrogen) atoms. The Hall–Kier alpha value is -2.57. The Morgan fingerprint density at radius 2 is 1.75 bits per heavy atom. The van der Waals surface area contributed by atoms with E-state index in [9.17, 15) is 10.2 Å². The molecule has 1 aliphatic heterocycles. The van der Waals surface area contributed by atoms with Crippen molar-refractivity contribution in [3.63, 3.8) is 0 Å². The van der Waals surface area contributed by atoms with Crippen LogP contribution in [0.25, 0.3) is 0 Å². The molecule has 166 valence electrons. The summed E-state index contributed by atoms with van der Waals surface area (Å²) >= 11 is 6.18. The van der Waals surface area contributed by atoms with Crippen LogP contribution in [0, 0.1) is 0 Å². The third-order valence-electron chi connectivity index (χ3n) is 6.66. The number of hydrogen-bond acceptors (Lipinski definition) is 5. The van der Waals surface area contributed by atoms with Gasteiger partial charge in [0, 0.05) is 18.1 Å². The molecule has 1 saturated carbocycles. The Morgan fingerprint density at radius 3 is 2.47 bits per heavy atom. The van der Waals surface area contributed by atoms with Crippen LogP contribution in [0.3, 0.4) is 0 Å². The number of hydrogen-bond donors (Lipinski definition) is 2. The number of rotatable bonds is 6. The van der Waals surface area contributed by atoms with Crippen molar-refractivity contribution in [1.29, 1.82) is 0 Å². The van der Waals surface area contributed by atoms with Crippen molar-refractivity contribution in [2.45, 2.75) is 29.6 Å². The highest BCUT2D eigenvalue weighted by atomic mass is 35.5. The van der Waals surface area contributed by atoms with Crippen molar-refractivity contribution in [2.75, 3.05) is 20.3 Å². The van der Waals surface area contributed by atoms with Crippen LogP contribution in [0.5, 0.6) is 11.5 Å². The van der Waals surface area contributed by atoms with Gasteiger partial charge in [-0.25, -0.2) is 0 Å². The predicted octanol–water partition coefficient (Wildman–Crippen LogP) is 4.39. The largest absolute Gasteiger partial charge is 0.491 e. The quantitative estimate of drug-likeness (QED) is 0.543. The summed E-state index contributed by atoms with van der Waals surface area (Å²) in [6.45, 7) is 0.718. The highest BCUT2D eigenvalue weighted by Gasteiger charge is 2.73. The molecule has 5 nitrogen and oxygen atoms in total. The van der Waals surface area contributed by atoms with Gasteiger partial charge in [0.05, 0.1) is 18.3 Å². The van der Waals surface area contributed by atoms with Gasteiger partial charge in [0.1, 0.15) is 18.1 Å². The van der Waals surface area contributed by atoms with E-state index < -0.39 is 17.3 Å². The summed E-state index contributed by atoms with van der Waals surface area (Å²) < 4.78 is 17.7. The summed E-state index contributed by atoms with van der Waals surface area (Å²) in [6, 6.07) is 22.6.